The molecule has 172 valence electrons. The summed E-state index contributed by atoms with van der Waals surface area (Å²) in [7, 11) is 1.88. The van der Waals surface area contributed by atoms with Gasteiger partial charge < -0.3 is 4.57 Å². The highest BCUT2D eigenvalue weighted by atomic mass is 35.5. The lowest BCUT2D eigenvalue weighted by atomic mass is 10.1. The van der Waals surface area contributed by atoms with Crippen molar-refractivity contribution >= 4 is 40.2 Å². The molecule has 2 aromatic heterocycles. The molecule has 0 saturated carbocycles. The lowest BCUT2D eigenvalue weighted by Gasteiger charge is -2.17. The minimum atomic E-state index is -0.147. The Labute approximate surface area is 207 Å². The van der Waals surface area contributed by atoms with Crippen LogP contribution in [0, 0.1) is 6.92 Å². The van der Waals surface area contributed by atoms with Crippen LogP contribution in [-0.4, -0.2) is 13.9 Å². The van der Waals surface area contributed by atoms with E-state index in [-0.39, 0.29) is 11.6 Å². The number of halogens is 2. The van der Waals surface area contributed by atoms with Gasteiger partial charge >= 0.3 is 0 Å². The smallest absolute Gasteiger partial charge is 0.297 e. The second kappa shape index (κ2) is 9.75. The van der Waals surface area contributed by atoms with Crippen molar-refractivity contribution in [3.05, 3.63) is 84.8 Å². The van der Waals surface area contributed by atoms with Crippen molar-refractivity contribution in [3.63, 3.8) is 0 Å². The van der Waals surface area contributed by atoms with E-state index in [0.717, 1.165) is 40.3 Å². The van der Waals surface area contributed by atoms with E-state index in [0.29, 0.717) is 15.7 Å². The van der Waals surface area contributed by atoms with E-state index in [9.17, 15) is 4.79 Å². The molecule has 2 aromatic carbocycles. The predicted octanol–water partition coefficient (Wildman–Crippen LogP) is 6.91. The summed E-state index contributed by atoms with van der Waals surface area (Å²) in [6.45, 7) is 6.24. The van der Waals surface area contributed by atoms with E-state index < -0.39 is 0 Å². The topological polar surface area (TPSA) is 44.2 Å². The third-order valence-corrected chi connectivity index (χ3v) is 7.23. The zero-order chi connectivity index (χ0) is 23.7. The molecule has 4 aromatic rings. The van der Waals surface area contributed by atoms with E-state index in [1.165, 1.54) is 11.3 Å². The average Bonchev–Trinajstić information content (AvgIpc) is 3.31. The molecular weight excluding hydrogens is 475 g/mol. The molecule has 8 heteroatoms. The van der Waals surface area contributed by atoms with Gasteiger partial charge in [0.05, 0.1) is 22.1 Å². The van der Waals surface area contributed by atoms with Crippen LogP contribution in [-0.2, 0) is 7.05 Å². The van der Waals surface area contributed by atoms with Crippen molar-refractivity contribution in [2.24, 2.45) is 12.0 Å². The van der Waals surface area contributed by atoms with Crippen molar-refractivity contribution in [1.82, 2.24) is 13.9 Å². The highest BCUT2D eigenvalue weighted by Gasteiger charge is 2.19. The van der Waals surface area contributed by atoms with Gasteiger partial charge in [-0.05, 0) is 50.6 Å². The van der Waals surface area contributed by atoms with Crippen molar-refractivity contribution in [2.45, 2.75) is 39.7 Å². The van der Waals surface area contributed by atoms with Gasteiger partial charge in [0.2, 0.25) is 0 Å². The van der Waals surface area contributed by atoms with Crippen LogP contribution in [0.1, 0.15) is 38.4 Å². The monoisotopic (exact) mass is 500 g/mol. The maximum absolute atomic E-state index is 13.4. The lowest BCUT2D eigenvalue weighted by Crippen LogP contribution is -2.21. The molecule has 5 nitrogen and oxygen atoms in total. The molecule has 0 bridgehead atoms. The lowest BCUT2D eigenvalue weighted by molar-refractivity contribution is 0.495. The largest absolute Gasteiger partial charge is 0.314 e. The minimum Gasteiger partial charge on any atom is -0.314 e. The predicted molar refractivity (Wildman–Crippen MR) is 138 cm³/mol. The Morgan fingerprint density at radius 2 is 1.85 bits per heavy atom. The van der Waals surface area contributed by atoms with Crippen LogP contribution in [0.15, 0.2) is 63.7 Å². The summed E-state index contributed by atoms with van der Waals surface area (Å²) >= 11 is 14.3. The van der Waals surface area contributed by atoms with Gasteiger partial charge in [0, 0.05) is 29.1 Å². The molecule has 33 heavy (non-hydrogen) atoms. The van der Waals surface area contributed by atoms with E-state index in [4.69, 9.17) is 28.2 Å². The number of hydrogen-bond donors (Lipinski definition) is 0. The Morgan fingerprint density at radius 3 is 2.55 bits per heavy atom. The number of hydrogen-bond acceptors (Lipinski definition) is 3. The van der Waals surface area contributed by atoms with Crippen LogP contribution in [0.2, 0.25) is 10.0 Å². The Bertz CT molecular complexity index is 1410. The third-order valence-electron chi connectivity index (χ3n) is 5.82. The quantitative estimate of drug-likeness (QED) is 0.283. The molecule has 0 radical (unpaired) electrons. The Morgan fingerprint density at radius 1 is 1.12 bits per heavy atom. The molecule has 0 spiro atoms. The van der Waals surface area contributed by atoms with Crippen molar-refractivity contribution < 1.29 is 0 Å². The number of aromatic nitrogens is 3. The first-order chi connectivity index (χ1) is 15.8. The zero-order valence-corrected chi connectivity index (χ0v) is 21.4. The third kappa shape index (κ3) is 4.47. The maximum Gasteiger partial charge on any atom is 0.297 e. The molecule has 0 aliphatic carbocycles. The van der Waals surface area contributed by atoms with Gasteiger partial charge in [0.25, 0.3) is 5.56 Å². The molecule has 4 rings (SSSR count). The molecule has 0 aliphatic heterocycles. The van der Waals surface area contributed by atoms with E-state index in [2.05, 4.69) is 18.4 Å². The molecule has 1 atom stereocenters. The number of thiazole rings is 1. The molecule has 0 amide bonds. The fourth-order valence-electron chi connectivity index (χ4n) is 4.04. The average molecular weight is 501 g/mol. The SMILES string of the molecule is CCCC(C)n1c(-c2cc(Cl)ccc2Cl)csc1=Nc1c(C)n(C)n(-c2ccccc2)c1=O. The van der Waals surface area contributed by atoms with Gasteiger partial charge in [-0.1, -0.05) is 54.7 Å². The van der Waals surface area contributed by atoms with Gasteiger partial charge in [0.1, 0.15) is 0 Å². The first-order valence-corrected chi connectivity index (χ1v) is 12.5. The fourth-order valence-corrected chi connectivity index (χ4v) is 5.42. The van der Waals surface area contributed by atoms with Crippen LogP contribution in [0.5, 0.6) is 0 Å². The van der Waals surface area contributed by atoms with E-state index in [1.807, 2.05) is 66.5 Å². The highest BCUT2D eigenvalue weighted by Crippen LogP contribution is 2.33. The van der Waals surface area contributed by atoms with Gasteiger partial charge in [0.15, 0.2) is 10.5 Å². The second-order valence-electron chi connectivity index (χ2n) is 8.06. The van der Waals surface area contributed by atoms with Crippen LogP contribution >= 0.6 is 34.5 Å². The van der Waals surface area contributed by atoms with Crippen molar-refractivity contribution in [3.8, 4) is 16.9 Å². The normalized spacial score (nSPS) is 13.0. The minimum absolute atomic E-state index is 0.147. The van der Waals surface area contributed by atoms with Gasteiger partial charge in [-0.15, -0.1) is 11.3 Å². The number of para-hydroxylation sites is 1. The van der Waals surface area contributed by atoms with Crippen molar-refractivity contribution in [1.29, 1.82) is 0 Å². The second-order valence-corrected chi connectivity index (χ2v) is 9.74. The first kappa shape index (κ1) is 23.6. The van der Waals surface area contributed by atoms with E-state index >= 15 is 0 Å². The number of nitrogens with zero attached hydrogens (tertiary/aromatic N) is 4. The number of benzene rings is 2. The molecule has 2 heterocycles. The highest BCUT2D eigenvalue weighted by molar-refractivity contribution is 7.07. The zero-order valence-electron chi connectivity index (χ0n) is 19.0. The van der Waals surface area contributed by atoms with Gasteiger partial charge in [-0.3, -0.25) is 9.48 Å². The Balaban J connectivity index is 1.96. The Hall–Kier alpha value is -2.54. The summed E-state index contributed by atoms with van der Waals surface area (Å²) in [6.07, 6.45) is 1.99. The molecule has 0 fully saturated rings. The summed E-state index contributed by atoms with van der Waals surface area (Å²) in [5.74, 6) is 0. The molecule has 0 aliphatic rings. The first-order valence-electron chi connectivity index (χ1n) is 10.9. The van der Waals surface area contributed by atoms with E-state index in [1.54, 1.807) is 10.7 Å². The molecule has 0 N–H and O–H groups in total. The summed E-state index contributed by atoms with van der Waals surface area (Å²) in [5.41, 5.74) is 3.70. The summed E-state index contributed by atoms with van der Waals surface area (Å²) in [6, 6.07) is 15.2. The van der Waals surface area contributed by atoms with Gasteiger partial charge in [-0.25, -0.2) is 9.67 Å². The Kier molecular flexibility index (Phi) is 6.98. The summed E-state index contributed by atoms with van der Waals surface area (Å²) in [5, 5.41) is 3.29. The van der Waals surface area contributed by atoms with Crippen LogP contribution < -0.4 is 10.4 Å². The fraction of sp³-hybridized carbons (Fsp3) is 0.280. The van der Waals surface area contributed by atoms with Crippen LogP contribution in [0.4, 0.5) is 5.69 Å². The van der Waals surface area contributed by atoms with Gasteiger partial charge in [-0.2, -0.15) is 0 Å². The summed E-state index contributed by atoms with van der Waals surface area (Å²) in [4.78, 5) is 19.1. The van der Waals surface area contributed by atoms with Crippen LogP contribution in [0.25, 0.3) is 16.9 Å². The standard InChI is InChI=1S/C25H26Cl2N4OS/c1-5-9-16(2)30-22(20-14-18(26)12-13-21(20)27)15-33-25(30)28-23-17(3)29(4)31(24(23)32)19-10-7-6-8-11-19/h6-8,10-16H,5,9H2,1-4H3. The molecular formula is C25H26Cl2N4OS. The van der Waals surface area contributed by atoms with Crippen molar-refractivity contribution in [2.75, 3.05) is 0 Å². The van der Waals surface area contributed by atoms with Crippen LogP contribution in [0.3, 0.4) is 0 Å². The summed E-state index contributed by atoms with van der Waals surface area (Å²) < 4.78 is 5.67. The maximum atomic E-state index is 13.4. The number of rotatable bonds is 6. The molecule has 1 unspecified atom stereocenters. The molecule has 0 saturated heterocycles.